The highest BCUT2D eigenvalue weighted by atomic mass is 15.1. The van der Waals surface area contributed by atoms with Crippen LogP contribution in [0.25, 0.3) is 0 Å². The predicted octanol–water partition coefficient (Wildman–Crippen LogP) is 5.54. The van der Waals surface area contributed by atoms with Crippen LogP contribution in [0.5, 0.6) is 0 Å². The fourth-order valence-electron chi connectivity index (χ4n) is 3.62. The second kappa shape index (κ2) is 6.26. The Labute approximate surface area is 133 Å². The molecule has 0 radical (unpaired) electrons. The lowest BCUT2D eigenvalue weighted by Gasteiger charge is -2.44. The van der Waals surface area contributed by atoms with Gasteiger partial charge < -0.3 is 0 Å². The molecule has 0 N–H and O–H groups in total. The molecule has 122 valence electrons. The summed E-state index contributed by atoms with van der Waals surface area (Å²) in [6.07, 6.45) is 10.9. The second-order valence-electron chi connectivity index (χ2n) is 8.39. The van der Waals surface area contributed by atoms with Crippen LogP contribution in [0.1, 0.15) is 74.7 Å². The topological polar surface area (TPSA) is 3.01 Å². The van der Waals surface area contributed by atoms with Crippen molar-refractivity contribution in [3.63, 3.8) is 0 Å². The van der Waals surface area contributed by atoms with Gasteiger partial charge >= 0.3 is 0 Å². The summed E-state index contributed by atoms with van der Waals surface area (Å²) >= 11 is 0. The van der Waals surface area contributed by atoms with Crippen molar-refractivity contribution in [2.75, 3.05) is 7.05 Å². The van der Waals surface area contributed by atoms with E-state index in [1.807, 2.05) is 0 Å². The van der Waals surface area contributed by atoms with Crippen molar-refractivity contribution in [3.8, 4) is 0 Å². The maximum absolute atomic E-state index is 2.55. The first-order valence-electron chi connectivity index (χ1n) is 8.82. The quantitative estimate of drug-likeness (QED) is 0.329. The van der Waals surface area contributed by atoms with Crippen molar-refractivity contribution in [1.82, 2.24) is 0 Å². The molecule has 0 spiro atoms. The van der Waals surface area contributed by atoms with E-state index in [2.05, 4.69) is 85.4 Å². The Hall–Kier alpha value is -0.590. The molecule has 1 aliphatic rings. The van der Waals surface area contributed by atoms with Gasteiger partial charge in [0.15, 0.2) is 5.54 Å². The van der Waals surface area contributed by atoms with Crippen LogP contribution in [0, 0.1) is 22.7 Å². The van der Waals surface area contributed by atoms with Gasteiger partial charge in [-0.2, -0.15) is 0 Å². The van der Waals surface area contributed by atoms with Crippen LogP contribution < -0.4 is 0 Å². The molecule has 1 nitrogen and oxygen atoms in total. The lowest BCUT2D eigenvalue weighted by molar-refractivity contribution is -0.573. The number of hydrogen-bond acceptors (Lipinski definition) is 0. The van der Waals surface area contributed by atoms with E-state index in [4.69, 9.17) is 0 Å². The van der Waals surface area contributed by atoms with Crippen LogP contribution >= 0.6 is 0 Å². The molecular weight excluding hydrogens is 254 g/mol. The largest absolute Gasteiger partial charge is 0.232 e. The van der Waals surface area contributed by atoms with Crippen LogP contribution in [0.2, 0.25) is 0 Å². The summed E-state index contributed by atoms with van der Waals surface area (Å²) in [5.74, 6) is 1.29. The first kappa shape index (κ1) is 18.5. The second-order valence-corrected chi connectivity index (χ2v) is 8.39. The Bertz CT molecular complexity index is 416. The van der Waals surface area contributed by atoms with E-state index in [-0.39, 0.29) is 11.0 Å². The predicted molar refractivity (Wildman–Crippen MR) is 95.2 cm³/mol. The van der Waals surface area contributed by atoms with Crippen LogP contribution in [-0.2, 0) is 0 Å². The third kappa shape index (κ3) is 3.27. The Balaban J connectivity index is 3.20. The van der Waals surface area contributed by atoms with Gasteiger partial charge in [0.05, 0.1) is 0 Å². The van der Waals surface area contributed by atoms with Crippen molar-refractivity contribution < 1.29 is 4.58 Å². The Kier molecular flexibility index (Phi) is 5.51. The average Bonchev–Trinajstić information content (AvgIpc) is 2.36. The Morgan fingerprint density at radius 2 is 1.71 bits per heavy atom. The van der Waals surface area contributed by atoms with Crippen molar-refractivity contribution in [1.29, 1.82) is 0 Å². The van der Waals surface area contributed by atoms with Crippen molar-refractivity contribution in [2.45, 2.75) is 80.2 Å². The molecule has 0 heterocycles. The van der Waals surface area contributed by atoms with Gasteiger partial charge in [-0.3, -0.25) is 0 Å². The highest BCUT2D eigenvalue weighted by Gasteiger charge is 2.46. The Morgan fingerprint density at radius 3 is 2.00 bits per heavy atom. The van der Waals surface area contributed by atoms with E-state index < -0.39 is 0 Å². The summed E-state index contributed by atoms with van der Waals surface area (Å²) < 4.78 is 2.51. The first-order chi connectivity index (χ1) is 9.55. The molecule has 21 heavy (non-hydrogen) atoms. The van der Waals surface area contributed by atoms with Gasteiger partial charge in [-0.1, -0.05) is 61.0 Å². The molecule has 0 amide bonds. The highest BCUT2D eigenvalue weighted by Crippen LogP contribution is 2.46. The van der Waals surface area contributed by atoms with Crippen molar-refractivity contribution in [3.05, 3.63) is 12.2 Å². The summed E-state index contributed by atoms with van der Waals surface area (Å²) in [5.41, 5.74) is 0.858. The molecule has 1 heteroatoms. The number of likely N-dealkylation sites (N-methyl/N-ethyl adjacent to an activating group) is 1. The molecule has 0 saturated heterocycles. The van der Waals surface area contributed by atoms with Gasteiger partial charge in [0.1, 0.15) is 13.3 Å². The minimum absolute atomic E-state index is 0.222. The smallest absolute Gasteiger partial charge is 0.183 e. The van der Waals surface area contributed by atoms with E-state index in [1.54, 1.807) is 0 Å². The zero-order valence-corrected chi connectivity index (χ0v) is 16.0. The fraction of sp³-hybridized carbons (Fsp3) is 0.850. The molecule has 0 aliphatic heterocycles. The molecule has 1 aliphatic carbocycles. The van der Waals surface area contributed by atoms with E-state index in [0.717, 1.165) is 0 Å². The minimum atomic E-state index is 0.222. The first-order valence-corrected chi connectivity index (χ1v) is 8.82. The Morgan fingerprint density at radius 1 is 1.19 bits per heavy atom. The lowest BCUT2D eigenvalue weighted by atomic mass is 9.60. The van der Waals surface area contributed by atoms with Crippen LogP contribution in [-0.4, -0.2) is 23.4 Å². The van der Waals surface area contributed by atoms with Gasteiger partial charge in [0.25, 0.3) is 0 Å². The fourth-order valence-corrected chi connectivity index (χ4v) is 3.62. The zero-order chi connectivity index (χ0) is 16.5. The maximum Gasteiger partial charge on any atom is 0.183 e. The molecular formula is C20H38N+. The molecule has 3 atom stereocenters. The molecule has 0 saturated carbocycles. The molecule has 0 aromatic rings. The number of nitrogens with zero attached hydrogens (tertiary/aromatic N) is 1. The zero-order valence-electron chi connectivity index (χ0n) is 16.0. The number of rotatable bonds is 7. The SMILES string of the molecule is CCC(C)(C)[C@@H](C)C(C)(/C=[N+](\C)C1(CC)C=CC1)C(C)C. The highest BCUT2D eigenvalue weighted by molar-refractivity contribution is 5.62. The minimum Gasteiger partial charge on any atom is -0.232 e. The molecule has 0 aromatic carbocycles. The van der Waals surface area contributed by atoms with Crippen LogP contribution in [0.15, 0.2) is 12.2 Å². The summed E-state index contributed by atoms with van der Waals surface area (Å²) in [7, 11) is 2.28. The maximum atomic E-state index is 2.55. The third-order valence-electron chi connectivity index (χ3n) is 6.95. The van der Waals surface area contributed by atoms with E-state index in [1.165, 1.54) is 19.3 Å². The van der Waals surface area contributed by atoms with Gasteiger partial charge in [-0.05, 0) is 30.3 Å². The van der Waals surface area contributed by atoms with Gasteiger partial charge in [-0.25, -0.2) is 4.58 Å². The molecule has 0 aromatic heterocycles. The molecule has 2 unspecified atom stereocenters. The molecule has 0 fully saturated rings. The number of hydrogen-bond donors (Lipinski definition) is 0. The summed E-state index contributed by atoms with van der Waals surface area (Å²) in [4.78, 5) is 0. The standard InChI is InChI=1S/C20H38N/c1-10-18(6,7)17(5)19(8,16(3)4)15-21(9)20(11-2)13-12-14-20/h12-13,15-17H,10-11,14H2,1-9H3/q+1/b21-15+/t17-,19?,20?/m1/s1. The molecule has 1 rings (SSSR count). The summed E-state index contributed by atoms with van der Waals surface area (Å²) in [5, 5.41) is 0. The van der Waals surface area contributed by atoms with Crippen molar-refractivity contribution in [2.24, 2.45) is 22.7 Å². The normalized spacial score (nSPS) is 27.4. The van der Waals surface area contributed by atoms with Crippen LogP contribution in [0.4, 0.5) is 0 Å². The van der Waals surface area contributed by atoms with E-state index >= 15 is 0 Å². The van der Waals surface area contributed by atoms with Crippen LogP contribution in [0.3, 0.4) is 0 Å². The van der Waals surface area contributed by atoms with E-state index in [0.29, 0.717) is 17.3 Å². The van der Waals surface area contributed by atoms with Gasteiger partial charge in [-0.15, -0.1) is 0 Å². The van der Waals surface area contributed by atoms with Crippen molar-refractivity contribution >= 4 is 6.21 Å². The molecule has 0 bridgehead atoms. The average molecular weight is 293 g/mol. The van der Waals surface area contributed by atoms with E-state index in [9.17, 15) is 0 Å². The third-order valence-corrected chi connectivity index (χ3v) is 6.95. The van der Waals surface area contributed by atoms with Gasteiger partial charge in [0, 0.05) is 18.3 Å². The van der Waals surface area contributed by atoms with Gasteiger partial charge in [0.2, 0.25) is 0 Å². The lowest BCUT2D eigenvalue weighted by Crippen LogP contribution is -2.48. The summed E-state index contributed by atoms with van der Waals surface area (Å²) in [6, 6.07) is 0. The monoisotopic (exact) mass is 292 g/mol. The summed E-state index contributed by atoms with van der Waals surface area (Å²) in [6.45, 7) is 19.1.